The normalized spacial score (nSPS) is 30.0. The van der Waals surface area contributed by atoms with E-state index in [4.69, 9.17) is 4.74 Å². The summed E-state index contributed by atoms with van der Waals surface area (Å²) in [5.41, 5.74) is 0. The van der Waals surface area contributed by atoms with Crippen LogP contribution in [-0.4, -0.2) is 30.2 Å². The number of aldehydes is 1. The van der Waals surface area contributed by atoms with Crippen LogP contribution in [0.15, 0.2) is 12.2 Å². The Kier molecular flexibility index (Phi) is 9.78. The van der Waals surface area contributed by atoms with Crippen LogP contribution in [0.5, 0.6) is 0 Å². The Balaban J connectivity index is 1.72. The van der Waals surface area contributed by atoms with Crippen molar-refractivity contribution in [3.8, 4) is 0 Å². The van der Waals surface area contributed by atoms with E-state index in [0.29, 0.717) is 43.0 Å². The zero-order valence-corrected chi connectivity index (χ0v) is 16.1. The smallest absolute Gasteiger partial charge is 0.119 e. The van der Waals surface area contributed by atoms with Gasteiger partial charge in [-0.3, -0.25) is 0 Å². The Morgan fingerprint density at radius 2 is 2.08 bits per heavy atom. The molecule has 1 aliphatic heterocycles. The molecule has 5 atom stereocenters. The summed E-state index contributed by atoms with van der Waals surface area (Å²) in [6.07, 6.45) is 20.2. The topological polar surface area (TPSA) is 46.5 Å². The number of ether oxygens (including phenoxy) is 1. The molecular weight excluding hydrogens is 312 g/mol. The lowest BCUT2D eigenvalue weighted by Crippen LogP contribution is -2.12. The third kappa shape index (κ3) is 6.86. The minimum absolute atomic E-state index is 0.315. The first-order chi connectivity index (χ1) is 12.3. The fourth-order valence-corrected chi connectivity index (χ4v) is 4.69. The quantitative estimate of drug-likeness (QED) is 0.287. The maximum atomic E-state index is 10.4. The molecule has 0 aromatic rings. The van der Waals surface area contributed by atoms with Gasteiger partial charge in [-0.2, -0.15) is 0 Å². The van der Waals surface area contributed by atoms with Crippen LogP contribution >= 0.6 is 0 Å². The van der Waals surface area contributed by atoms with Crippen molar-refractivity contribution >= 4 is 6.29 Å². The Hall–Kier alpha value is -0.670. The molecule has 0 spiro atoms. The highest BCUT2D eigenvalue weighted by molar-refractivity contribution is 5.48. The van der Waals surface area contributed by atoms with E-state index in [1.165, 1.54) is 38.5 Å². The van der Waals surface area contributed by atoms with E-state index in [0.717, 1.165) is 38.4 Å². The van der Waals surface area contributed by atoms with Gasteiger partial charge >= 0.3 is 0 Å². The van der Waals surface area contributed by atoms with E-state index in [1.807, 2.05) is 0 Å². The summed E-state index contributed by atoms with van der Waals surface area (Å²) in [7, 11) is 0. The lowest BCUT2D eigenvalue weighted by Gasteiger charge is -2.15. The largest absolute Gasteiger partial charge is 0.396 e. The van der Waals surface area contributed by atoms with Gasteiger partial charge in [0.15, 0.2) is 0 Å². The van der Waals surface area contributed by atoms with E-state index in [2.05, 4.69) is 19.1 Å². The second kappa shape index (κ2) is 11.9. The van der Waals surface area contributed by atoms with Crippen molar-refractivity contribution in [3.63, 3.8) is 0 Å². The van der Waals surface area contributed by atoms with Crippen LogP contribution in [0.4, 0.5) is 0 Å². The molecule has 0 bridgehead atoms. The highest BCUT2D eigenvalue weighted by Crippen LogP contribution is 2.44. The Morgan fingerprint density at radius 1 is 1.20 bits per heavy atom. The van der Waals surface area contributed by atoms with Gasteiger partial charge in [0, 0.05) is 13.0 Å². The molecule has 144 valence electrons. The van der Waals surface area contributed by atoms with Gasteiger partial charge < -0.3 is 14.6 Å². The predicted octanol–water partition coefficient (Wildman–Crippen LogP) is 5.06. The van der Waals surface area contributed by atoms with Crippen molar-refractivity contribution in [2.24, 2.45) is 17.8 Å². The van der Waals surface area contributed by atoms with Gasteiger partial charge in [-0.1, -0.05) is 44.8 Å². The first-order valence-corrected chi connectivity index (χ1v) is 10.6. The summed E-state index contributed by atoms with van der Waals surface area (Å²) in [5.74, 6) is 2.04. The minimum atomic E-state index is 0.315. The van der Waals surface area contributed by atoms with Gasteiger partial charge in [0.05, 0.1) is 12.2 Å². The molecule has 2 aliphatic rings. The van der Waals surface area contributed by atoms with Crippen molar-refractivity contribution in [1.82, 2.24) is 0 Å². The Bertz CT molecular complexity index is 393. The number of aliphatic hydroxyl groups is 1. The molecule has 0 aromatic heterocycles. The minimum Gasteiger partial charge on any atom is -0.396 e. The van der Waals surface area contributed by atoms with E-state index in [-0.39, 0.29) is 0 Å². The fourth-order valence-electron chi connectivity index (χ4n) is 4.69. The SMILES string of the molecule is CCCCC(CC=C[C@H]1CC[C@@H]2O[C@H](CCCCC=O)C[C@@H]21)CCO. The number of hydrogen-bond acceptors (Lipinski definition) is 3. The average Bonchev–Trinajstić information content (AvgIpc) is 3.18. The maximum Gasteiger partial charge on any atom is 0.119 e. The van der Waals surface area contributed by atoms with Crippen LogP contribution in [0, 0.1) is 17.8 Å². The summed E-state index contributed by atoms with van der Waals surface area (Å²) in [4.78, 5) is 10.4. The van der Waals surface area contributed by atoms with Crippen molar-refractivity contribution in [2.45, 2.75) is 96.2 Å². The van der Waals surface area contributed by atoms with Gasteiger partial charge in [-0.25, -0.2) is 0 Å². The molecule has 1 aliphatic carbocycles. The molecule has 0 radical (unpaired) electrons. The third-order valence-electron chi connectivity index (χ3n) is 6.17. The highest BCUT2D eigenvalue weighted by Gasteiger charge is 2.42. The average molecular weight is 351 g/mol. The number of unbranched alkanes of at least 4 members (excludes halogenated alkanes) is 3. The lowest BCUT2D eigenvalue weighted by atomic mass is 9.89. The molecule has 1 unspecified atom stereocenters. The molecule has 1 saturated carbocycles. The van der Waals surface area contributed by atoms with Crippen molar-refractivity contribution in [3.05, 3.63) is 12.2 Å². The number of fused-ring (bicyclic) bond motifs is 1. The van der Waals surface area contributed by atoms with Crippen LogP contribution in [-0.2, 0) is 9.53 Å². The number of rotatable bonds is 13. The van der Waals surface area contributed by atoms with E-state index in [9.17, 15) is 9.90 Å². The second-order valence-electron chi connectivity index (χ2n) is 8.07. The molecule has 2 rings (SSSR count). The standard InChI is InChI=1S/C22H38O3/c1-2-3-8-18(14-16-24)9-7-10-19-12-13-22-21(19)17-20(25-22)11-5-4-6-15-23/h7,10,15,18-22,24H,2-6,8-9,11-14,16-17H2,1H3/t18?,19-,20+,21+,22-/m0/s1. The van der Waals surface area contributed by atoms with Crippen LogP contribution in [0.1, 0.15) is 84.0 Å². The first kappa shape index (κ1) is 20.6. The van der Waals surface area contributed by atoms with Crippen LogP contribution in [0.3, 0.4) is 0 Å². The molecule has 0 amide bonds. The third-order valence-corrected chi connectivity index (χ3v) is 6.17. The van der Waals surface area contributed by atoms with Gasteiger partial charge in [0.1, 0.15) is 6.29 Å². The number of allylic oxidation sites excluding steroid dienone is 2. The van der Waals surface area contributed by atoms with Gasteiger partial charge in [-0.05, 0) is 62.7 Å². The molecule has 25 heavy (non-hydrogen) atoms. The Labute approximate surface area is 154 Å². The number of carbonyl (C=O) groups is 1. The molecule has 0 aromatic carbocycles. The molecule has 1 N–H and O–H groups in total. The zero-order chi connectivity index (χ0) is 17.9. The summed E-state index contributed by atoms with van der Waals surface area (Å²) in [6.45, 7) is 2.55. The molecule has 3 nitrogen and oxygen atoms in total. The summed E-state index contributed by atoms with van der Waals surface area (Å²) < 4.78 is 6.26. The van der Waals surface area contributed by atoms with Crippen molar-refractivity contribution in [2.75, 3.05) is 6.61 Å². The number of hydrogen-bond donors (Lipinski definition) is 1. The highest BCUT2D eigenvalue weighted by atomic mass is 16.5. The van der Waals surface area contributed by atoms with Crippen molar-refractivity contribution < 1.29 is 14.6 Å². The maximum absolute atomic E-state index is 10.4. The van der Waals surface area contributed by atoms with E-state index >= 15 is 0 Å². The Morgan fingerprint density at radius 3 is 2.84 bits per heavy atom. The van der Waals surface area contributed by atoms with Crippen LogP contribution in [0.2, 0.25) is 0 Å². The molecule has 1 saturated heterocycles. The first-order valence-electron chi connectivity index (χ1n) is 10.6. The lowest BCUT2D eigenvalue weighted by molar-refractivity contribution is -0.108. The molecule has 3 heteroatoms. The molecule has 2 fully saturated rings. The van der Waals surface area contributed by atoms with Gasteiger partial charge in [0.2, 0.25) is 0 Å². The second-order valence-corrected chi connectivity index (χ2v) is 8.07. The zero-order valence-electron chi connectivity index (χ0n) is 16.1. The summed E-state index contributed by atoms with van der Waals surface area (Å²) in [6, 6.07) is 0. The van der Waals surface area contributed by atoms with E-state index in [1.54, 1.807) is 0 Å². The van der Waals surface area contributed by atoms with Gasteiger partial charge in [0.25, 0.3) is 0 Å². The molecular formula is C22H38O3. The summed E-state index contributed by atoms with van der Waals surface area (Å²) >= 11 is 0. The number of carbonyl (C=O) groups excluding carboxylic acids is 1. The predicted molar refractivity (Wildman–Crippen MR) is 102 cm³/mol. The summed E-state index contributed by atoms with van der Waals surface area (Å²) in [5, 5.41) is 9.24. The van der Waals surface area contributed by atoms with Crippen LogP contribution in [0.25, 0.3) is 0 Å². The van der Waals surface area contributed by atoms with E-state index < -0.39 is 0 Å². The fraction of sp³-hybridized carbons (Fsp3) is 0.864. The molecule has 1 heterocycles. The van der Waals surface area contributed by atoms with Crippen LogP contribution < -0.4 is 0 Å². The van der Waals surface area contributed by atoms with Crippen molar-refractivity contribution in [1.29, 1.82) is 0 Å². The number of aliphatic hydroxyl groups excluding tert-OH is 1. The monoisotopic (exact) mass is 350 g/mol. The van der Waals surface area contributed by atoms with Gasteiger partial charge in [-0.15, -0.1) is 0 Å².